The van der Waals surface area contributed by atoms with Gasteiger partial charge in [0.05, 0.1) is 18.5 Å². The van der Waals surface area contributed by atoms with Crippen LogP contribution in [0.1, 0.15) is 5.56 Å². The van der Waals surface area contributed by atoms with Crippen molar-refractivity contribution in [1.82, 2.24) is 9.80 Å². The molecule has 0 atom stereocenters. The monoisotopic (exact) mass is 373 g/mol. The first-order valence-electron chi connectivity index (χ1n) is 8.53. The third-order valence-electron chi connectivity index (χ3n) is 4.43. The number of benzene rings is 2. The summed E-state index contributed by atoms with van der Waals surface area (Å²) in [4.78, 5) is 13.4. The van der Waals surface area contributed by atoms with E-state index in [0.717, 1.165) is 54.6 Å². The summed E-state index contributed by atoms with van der Waals surface area (Å²) in [6, 6.07) is 14.2. The lowest BCUT2D eigenvalue weighted by Crippen LogP contribution is -2.47. The molecule has 0 unspecified atom stereocenters. The standard InChI is InChI=1S/C18H19ClN4.CH5NO/c1-22-8-10-23(11-9-22)18-14-4-2-3-5-15(14)20-16-7-6-13(19)12-17(16)21-18;1-3-2/h2-7,12,20H,8-11H2,1H3;2H2,1H3. The van der Waals surface area contributed by atoms with E-state index in [1.807, 2.05) is 24.3 Å². The largest absolute Gasteiger partial charge is 0.353 e. The number of likely N-dealkylation sites (N-methyl/N-ethyl adjacent to an activating group) is 1. The van der Waals surface area contributed by atoms with Gasteiger partial charge in [0.2, 0.25) is 0 Å². The topological polar surface area (TPSA) is 66.1 Å². The summed E-state index contributed by atoms with van der Waals surface area (Å²) in [5, 5.41) is 4.20. The van der Waals surface area contributed by atoms with Gasteiger partial charge in [-0.15, -0.1) is 0 Å². The van der Waals surface area contributed by atoms with Gasteiger partial charge in [0, 0.05) is 42.5 Å². The third kappa shape index (κ3) is 4.16. The number of amidine groups is 1. The molecular weight excluding hydrogens is 350 g/mol. The second kappa shape index (κ2) is 8.51. The molecule has 0 spiro atoms. The molecule has 4 rings (SSSR count). The number of halogens is 1. The number of aliphatic imine (C=N–C) groups is 1. The van der Waals surface area contributed by atoms with Crippen molar-refractivity contribution in [2.45, 2.75) is 0 Å². The fraction of sp³-hybridized carbons (Fsp3) is 0.316. The molecule has 7 heteroatoms. The number of para-hydroxylation sites is 1. The Morgan fingerprint density at radius 2 is 1.77 bits per heavy atom. The van der Waals surface area contributed by atoms with Gasteiger partial charge in [-0.25, -0.2) is 10.9 Å². The summed E-state index contributed by atoms with van der Waals surface area (Å²) in [7, 11) is 3.57. The van der Waals surface area contributed by atoms with E-state index in [2.05, 4.69) is 51.1 Å². The van der Waals surface area contributed by atoms with Crippen LogP contribution in [0.3, 0.4) is 0 Å². The van der Waals surface area contributed by atoms with Crippen LogP contribution in [-0.2, 0) is 4.84 Å². The van der Waals surface area contributed by atoms with Crippen LogP contribution in [0.25, 0.3) is 0 Å². The maximum Gasteiger partial charge on any atom is 0.138 e. The maximum atomic E-state index is 6.18. The number of rotatable bonds is 0. The zero-order valence-corrected chi connectivity index (χ0v) is 15.8. The molecule has 0 aliphatic carbocycles. The number of fused-ring (bicyclic) bond motifs is 2. The number of piperazine rings is 1. The Hall–Kier alpha value is -2.12. The van der Waals surface area contributed by atoms with Crippen molar-refractivity contribution >= 4 is 34.5 Å². The molecule has 1 saturated heterocycles. The van der Waals surface area contributed by atoms with E-state index < -0.39 is 0 Å². The molecule has 0 amide bonds. The van der Waals surface area contributed by atoms with Crippen molar-refractivity contribution in [2.24, 2.45) is 10.9 Å². The fourth-order valence-electron chi connectivity index (χ4n) is 3.07. The number of nitrogens with two attached hydrogens (primary N) is 1. The van der Waals surface area contributed by atoms with Gasteiger partial charge in [-0.2, -0.15) is 0 Å². The molecule has 0 aromatic heterocycles. The molecule has 2 aromatic rings. The molecule has 2 aliphatic heterocycles. The van der Waals surface area contributed by atoms with Crippen LogP contribution in [0.5, 0.6) is 0 Å². The van der Waals surface area contributed by atoms with Gasteiger partial charge in [0.25, 0.3) is 0 Å². The summed E-state index contributed by atoms with van der Waals surface area (Å²) in [5.74, 6) is 5.38. The Kier molecular flexibility index (Phi) is 6.11. The first kappa shape index (κ1) is 18.7. The van der Waals surface area contributed by atoms with Crippen LogP contribution in [0.15, 0.2) is 47.5 Å². The van der Waals surface area contributed by atoms with E-state index in [1.54, 1.807) is 0 Å². The van der Waals surface area contributed by atoms with Crippen LogP contribution in [0.2, 0.25) is 5.02 Å². The molecular formula is C19H24ClN5O. The second-order valence-corrected chi connectivity index (χ2v) is 6.73. The van der Waals surface area contributed by atoms with Gasteiger partial charge in [-0.1, -0.05) is 23.7 Å². The molecule has 26 heavy (non-hydrogen) atoms. The summed E-state index contributed by atoms with van der Waals surface area (Å²) < 4.78 is 0. The van der Waals surface area contributed by atoms with Crippen LogP contribution >= 0.6 is 11.6 Å². The van der Waals surface area contributed by atoms with E-state index >= 15 is 0 Å². The highest BCUT2D eigenvalue weighted by molar-refractivity contribution is 6.31. The Morgan fingerprint density at radius 1 is 1.08 bits per heavy atom. The molecule has 0 radical (unpaired) electrons. The van der Waals surface area contributed by atoms with Crippen LogP contribution in [0.4, 0.5) is 17.1 Å². The second-order valence-electron chi connectivity index (χ2n) is 6.29. The number of hydrogen-bond donors (Lipinski definition) is 2. The van der Waals surface area contributed by atoms with Crippen molar-refractivity contribution in [3.05, 3.63) is 53.1 Å². The van der Waals surface area contributed by atoms with E-state index in [4.69, 9.17) is 16.6 Å². The predicted molar refractivity (Wildman–Crippen MR) is 108 cm³/mol. The van der Waals surface area contributed by atoms with E-state index in [0.29, 0.717) is 5.02 Å². The van der Waals surface area contributed by atoms with E-state index in [9.17, 15) is 0 Å². The average Bonchev–Trinajstić information content (AvgIpc) is 2.79. The lowest BCUT2D eigenvalue weighted by Gasteiger charge is -2.34. The van der Waals surface area contributed by atoms with Crippen molar-refractivity contribution < 1.29 is 4.84 Å². The molecule has 1 fully saturated rings. The highest BCUT2D eigenvalue weighted by Gasteiger charge is 2.23. The predicted octanol–water partition coefficient (Wildman–Crippen LogP) is 3.23. The van der Waals surface area contributed by atoms with Gasteiger partial charge in [-0.3, -0.25) is 0 Å². The summed E-state index contributed by atoms with van der Waals surface area (Å²) in [6.07, 6.45) is 0. The Labute approximate surface area is 159 Å². The minimum absolute atomic E-state index is 0.706. The first-order chi connectivity index (χ1) is 12.6. The van der Waals surface area contributed by atoms with Gasteiger partial charge in [0.15, 0.2) is 0 Å². The van der Waals surface area contributed by atoms with E-state index in [1.165, 1.54) is 7.11 Å². The smallest absolute Gasteiger partial charge is 0.138 e. The maximum absolute atomic E-state index is 6.18. The zero-order valence-electron chi connectivity index (χ0n) is 15.1. The fourth-order valence-corrected chi connectivity index (χ4v) is 3.24. The summed E-state index contributed by atoms with van der Waals surface area (Å²) in [6.45, 7) is 4.08. The molecule has 2 aromatic carbocycles. The van der Waals surface area contributed by atoms with Crippen LogP contribution < -0.4 is 11.2 Å². The lowest BCUT2D eigenvalue weighted by molar-refractivity contribution is 0.206. The molecule has 138 valence electrons. The first-order valence-corrected chi connectivity index (χ1v) is 8.91. The van der Waals surface area contributed by atoms with Gasteiger partial charge >= 0.3 is 0 Å². The number of nitrogens with one attached hydrogen (secondary N) is 1. The normalized spacial score (nSPS) is 16.3. The number of anilines is 2. The highest BCUT2D eigenvalue weighted by atomic mass is 35.5. The summed E-state index contributed by atoms with van der Waals surface area (Å²) in [5.41, 5.74) is 4.12. The summed E-state index contributed by atoms with van der Waals surface area (Å²) >= 11 is 6.18. The van der Waals surface area contributed by atoms with Crippen molar-refractivity contribution in [1.29, 1.82) is 0 Å². The minimum atomic E-state index is 0.706. The van der Waals surface area contributed by atoms with Crippen LogP contribution in [-0.4, -0.2) is 56.0 Å². The average molecular weight is 374 g/mol. The minimum Gasteiger partial charge on any atom is -0.353 e. The zero-order chi connectivity index (χ0) is 18.5. The quantitative estimate of drug-likeness (QED) is 0.694. The van der Waals surface area contributed by atoms with E-state index in [-0.39, 0.29) is 0 Å². The van der Waals surface area contributed by atoms with Gasteiger partial charge in [0.1, 0.15) is 5.84 Å². The third-order valence-corrected chi connectivity index (χ3v) is 4.66. The van der Waals surface area contributed by atoms with Crippen LogP contribution in [0, 0.1) is 0 Å². The van der Waals surface area contributed by atoms with Gasteiger partial charge < -0.3 is 20.0 Å². The lowest BCUT2D eigenvalue weighted by atomic mass is 10.1. The van der Waals surface area contributed by atoms with Crippen molar-refractivity contribution in [3.8, 4) is 0 Å². The Bertz CT molecular complexity index is 787. The number of hydrogen-bond acceptors (Lipinski definition) is 6. The van der Waals surface area contributed by atoms with Gasteiger partial charge in [-0.05, 0) is 37.4 Å². The molecule has 2 heterocycles. The molecule has 0 bridgehead atoms. The van der Waals surface area contributed by atoms with Crippen molar-refractivity contribution in [2.75, 3.05) is 45.7 Å². The molecule has 3 N–H and O–H groups in total. The number of nitrogens with zero attached hydrogens (tertiary/aromatic N) is 3. The highest BCUT2D eigenvalue weighted by Crippen LogP contribution is 2.36. The Balaban J connectivity index is 0.000000613. The molecule has 0 saturated carbocycles. The SMILES string of the molecule is CN1CCN(C2=Nc3cc(Cl)ccc3Nc3ccccc32)CC1.CON. The molecule has 6 nitrogen and oxygen atoms in total. The Morgan fingerprint density at radius 3 is 2.50 bits per heavy atom. The molecule has 2 aliphatic rings. The van der Waals surface area contributed by atoms with Crippen molar-refractivity contribution in [3.63, 3.8) is 0 Å².